The number of nitro groups is 1. The first-order chi connectivity index (χ1) is 10.5. The minimum atomic E-state index is -4.64. The van der Waals surface area contributed by atoms with Gasteiger partial charge in [0.05, 0.1) is 10.3 Å². The van der Waals surface area contributed by atoms with Crippen LogP contribution in [0.5, 0.6) is 0 Å². The maximum atomic E-state index is 13.4. The van der Waals surface area contributed by atoms with Crippen molar-refractivity contribution in [1.82, 2.24) is 10.4 Å². The number of alkyl halides is 3. The zero-order valence-corrected chi connectivity index (χ0v) is 12.6. The highest BCUT2D eigenvalue weighted by Crippen LogP contribution is 2.34. The van der Waals surface area contributed by atoms with Gasteiger partial charge in [0.25, 0.3) is 5.69 Å². The largest absolute Gasteiger partial charge is 0.406 e. The standard InChI is InChI=1S/C14H16F3N3O3/c1-13(2)8-19(18-12(13)21)11(14(15,16)17)7-9-5-3-4-6-10(9)20(22)23/h3-6,11H,7-8H2,1-2H3,(H,18,21). The fourth-order valence-corrected chi connectivity index (χ4v) is 2.48. The molecule has 9 heteroatoms. The maximum absolute atomic E-state index is 13.4. The van der Waals surface area contributed by atoms with Crippen LogP contribution in [0.1, 0.15) is 19.4 Å². The summed E-state index contributed by atoms with van der Waals surface area (Å²) in [5, 5.41) is 11.8. The summed E-state index contributed by atoms with van der Waals surface area (Å²) in [4.78, 5) is 22.0. The molecule has 1 aliphatic heterocycles. The van der Waals surface area contributed by atoms with Crippen LogP contribution in [0.4, 0.5) is 18.9 Å². The van der Waals surface area contributed by atoms with Crippen molar-refractivity contribution in [3.05, 3.63) is 39.9 Å². The number of rotatable bonds is 4. The molecule has 0 aromatic heterocycles. The Bertz CT molecular complexity index is 631. The van der Waals surface area contributed by atoms with Crippen molar-refractivity contribution in [2.45, 2.75) is 32.5 Å². The number of carbonyl (C=O) groups is 1. The second-order valence-electron chi connectivity index (χ2n) is 6.10. The van der Waals surface area contributed by atoms with Gasteiger partial charge >= 0.3 is 6.18 Å². The Kier molecular flexibility index (Phi) is 4.34. The Hall–Kier alpha value is -2.16. The summed E-state index contributed by atoms with van der Waals surface area (Å²) in [6, 6.07) is 3.26. The number of amides is 1. The molecule has 0 aliphatic carbocycles. The number of hydrazine groups is 1. The molecule has 1 aliphatic rings. The van der Waals surface area contributed by atoms with Gasteiger partial charge in [0.1, 0.15) is 6.04 Å². The van der Waals surface area contributed by atoms with Crippen LogP contribution < -0.4 is 5.43 Å². The van der Waals surface area contributed by atoms with E-state index >= 15 is 0 Å². The number of hydrogen-bond acceptors (Lipinski definition) is 4. The number of nitrogens with zero attached hydrogens (tertiary/aromatic N) is 2. The number of nitrogens with one attached hydrogen (secondary N) is 1. The number of halogens is 3. The highest BCUT2D eigenvalue weighted by molar-refractivity contribution is 5.83. The third-order valence-corrected chi connectivity index (χ3v) is 3.78. The van der Waals surface area contributed by atoms with Crippen molar-refractivity contribution in [1.29, 1.82) is 0 Å². The van der Waals surface area contributed by atoms with Crippen LogP contribution >= 0.6 is 0 Å². The highest BCUT2D eigenvalue weighted by Gasteiger charge is 2.50. The molecule has 0 bridgehead atoms. The Morgan fingerprint density at radius 2 is 2.00 bits per heavy atom. The molecule has 0 spiro atoms. The number of carbonyl (C=O) groups excluding carboxylic acids is 1. The van der Waals surface area contributed by atoms with Crippen LogP contribution in [-0.4, -0.2) is 34.6 Å². The number of hydrogen-bond donors (Lipinski definition) is 1. The molecular weight excluding hydrogens is 315 g/mol. The lowest BCUT2D eigenvalue weighted by Gasteiger charge is -2.29. The molecule has 0 saturated carbocycles. The van der Waals surface area contributed by atoms with E-state index in [-0.39, 0.29) is 17.8 Å². The van der Waals surface area contributed by atoms with Gasteiger partial charge in [-0.25, -0.2) is 5.01 Å². The molecule has 1 saturated heterocycles. The summed E-state index contributed by atoms with van der Waals surface area (Å²) < 4.78 is 40.2. The summed E-state index contributed by atoms with van der Waals surface area (Å²) in [5.74, 6) is -0.505. The maximum Gasteiger partial charge on any atom is 0.406 e. The number of nitro benzene ring substituents is 1. The lowest BCUT2D eigenvalue weighted by molar-refractivity contribution is -0.385. The van der Waals surface area contributed by atoms with Crippen molar-refractivity contribution < 1.29 is 22.9 Å². The van der Waals surface area contributed by atoms with Crippen LogP contribution in [-0.2, 0) is 11.2 Å². The molecule has 1 N–H and O–H groups in total. The summed E-state index contributed by atoms with van der Waals surface area (Å²) in [7, 11) is 0. The Balaban J connectivity index is 2.32. The molecule has 23 heavy (non-hydrogen) atoms. The zero-order valence-electron chi connectivity index (χ0n) is 12.6. The topological polar surface area (TPSA) is 75.5 Å². The lowest BCUT2D eigenvalue weighted by Crippen LogP contribution is -2.51. The average molecular weight is 331 g/mol. The van der Waals surface area contributed by atoms with Crippen molar-refractivity contribution in [2.24, 2.45) is 5.41 Å². The van der Waals surface area contributed by atoms with Crippen molar-refractivity contribution in [3.63, 3.8) is 0 Å². The van der Waals surface area contributed by atoms with E-state index in [0.717, 1.165) is 11.1 Å². The van der Waals surface area contributed by atoms with Gasteiger partial charge in [-0.05, 0) is 13.8 Å². The minimum Gasteiger partial charge on any atom is -0.288 e. The first-order valence-corrected chi connectivity index (χ1v) is 6.89. The van der Waals surface area contributed by atoms with Gasteiger partial charge in [-0.2, -0.15) is 13.2 Å². The van der Waals surface area contributed by atoms with Gasteiger partial charge in [-0.15, -0.1) is 0 Å². The molecule has 1 fully saturated rings. The van der Waals surface area contributed by atoms with E-state index in [1.165, 1.54) is 18.2 Å². The first kappa shape index (κ1) is 17.2. The van der Waals surface area contributed by atoms with E-state index < -0.39 is 34.9 Å². The van der Waals surface area contributed by atoms with Crippen LogP contribution in [0.3, 0.4) is 0 Å². The SMILES string of the molecule is CC1(C)CN(C(Cc2ccccc2[N+](=O)[O-])C(F)(F)F)NC1=O. The molecule has 1 amide bonds. The van der Waals surface area contributed by atoms with E-state index in [1.807, 2.05) is 0 Å². The molecule has 1 aromatic carbocycles. The molecule has 126 valence electrons. The molecule has 1 unspecified atom stereocenters. The quantitative estimate of drug-likeness (QED) is 0.679. The van der Waals surface area contributed by atoms with Crippen LogP contribution in [0.2, 0.25) is 0 Å². The van der Waals surface area contributed by atoms with E-state index in [4.69, 9.17) is 0 Å². The zero-order chi connectivity index (χ0) is 17.4. The minimum absolute atomic E-state index is 0.0289. The first-order valence-electron chi connectivity index (χ1n) is 6.89. The van der Waals surface area contributed by atoms with Gasteiger partial charge in [0.2, 0.25) is 5.91 Å². The van der Waals surface area contributed by atoms with E-state index in [0.29, 0.717) is 0 Å². The highest BCUT2D eigenvalue weighted by atomic mass is 19.4. The molecule has 1 heterocycles. The Labute approximate surface area is 130 Å². The normalized spacial score (nSPS) is 19.4. The second-order valence-corrected chi connectivity index (χ2v) is 6.10. The average Bonchev–Trinajstić information content (AvgIpc) is 2.68. The van der Waals surface area contributed by atoms with Crippen molar-refractivity contribution >= 4 is 11.6 Å². The predicted octanol–water partition coefficient (Wildman–Crippen LogP) is 2.44. The van der Waals surface area contributed by atoms with E-state index in [2.05, 4.69) is 5.43 Å². The molecule has 1 aromatic rings. The molecule has 1 atom stereocenters. The van der Waals surface area contributed by atoms with E-state index in [1.54, 1.807) is 13.8 Å². The van der Waals surface area contributed by atoms with Crippen molar-refractivity contribution in [2.75, 3.05) is 6.54 Å². The summed E-state index contributed by atoms with van der Waals surface area (Å²) in [6.07, 6.45) is -5.26. The molecule has 6 nitrogen and oxygen atoms in total. The van der Waals surface area contributed by atoms with Gasteiger partial charge in [0, 0.05) is 24.6 Å². The van der Waals surface area contributed by atoms with Gasteiger partial charge < -0.3 is 0 Å². The third-order valence-electron chi connectivity index (χ3n) is 3.78. The second kappa shape index (κ2) is 5.80. The molecule has 2 rings (SSSR count). The van der Waals surface area contributed by atoms with Gasteiger partial charge in [-0.3, -0.25) is 20.3 Å². The monoisotopic (exact) mass is 331 g/mol. The predicted molar refractivity (Wildman–Crippen MR) is 75.3 cm³/mol. The Morgan fingerprint density at radius 1 is 1.39 bits per heavy atom. The molecule has 0 radical (unpaired) electrons. The van der Waals surface area contributed by atoms with Crippen LogP contribution in [0.15, 0.2) is 24.3 Å². The van der Waals surface area contributed by atoms with E-state index in [9.17, 15) is 28.1 Å². The third kappa shape index (κ3) is 3.61. The molecular formula is C14H16F3N3O3. The van der Waals surface area contributed by atoms with Crippen LogP contribution in [0, 0.1) is 15.5 Å². The number of benzene rings is 1. The van der Waals surface area contributed by atoms with Crippen LogP contribution in [0.25, 0.3) is 0 Å². The summed E-state index contributed by atoms with van der Waals surface area (Å²) in [6.45, 7) is 2.96. The summed E-state index contributed by atoms with van der Waals surface area (Å²) >= 11 is 0. The van der Waals surface area contributed by atoms with Gasteiger partial charge in [-0.1, -0.05) is 18.2 Å². The van der Waals surface area contributed by atoms with Crippen molar-refractivity contribution in [3.8, 4) is 0 Å². The number of para-hydroxylation sites is 1. The fourth-order valence-electron chi connectivity index (χ4n) is 2.48. The van der Waals surface area contributed by atoms with Gasteiger partial charge in [0.15, 0.2) is 0 Å². The smallest absolute Gasteiger partial charge is 0.288 e. The lowest BCUT2D eigenvalue weighted by atomic mass is 9.93. The summed E-state index contributed by atoms with van der Waals surface area (Å²) in [5.41, 5.74) is 0.874. The Morgan fingerprint density at radius 3 is 2.48 bits per heavy atom. The fraction of sp³-hybridized carbons (Fsp3) is 0.500.